The average Bonchev–Trinajstić information content (AvgIpc) is 2.09. The number of hydrogen-bond donors (Lipinski definition) is 0. The summed E-state index contributed by atoms with van der Waals surface area (Å²) in [5.74, 6) is 1.12. The highest BCUT2D eigenvalue weighted by Crippen LogP contribution is 2.22. The van der Waals surface area contributed by atoms with E-state index >= 15 is 0 Å². The van der Waals surface area contributed by atoms with Crippen molar-refractivity contribution in [2.24, 2.45) is 0 Å². The molecule has 0 fully saturated rings. The van der Waals surface area contributed by atoms with Crippen molar-refractivity contribution in [3.8, 4) is 0 Å². The molecule has 0 N–H and O–H groups in total. The zero-order chi connectivity index (χ0) is 9.68. The molecule has 0 spiro atoms. The Morgan fingerprint density at radius 1 is 1.62 bits per heavy atom. The van der Waals surface area contributed by atoms with Gasteiger partial charge in [-0.15, -0.1) is 23.4 Å². The van der Waals surface area contributed by atoms with E-state index < -0.39 is 0 Å². The first kappa shape index (κ1) is 11.3. The van der Waals surface area contributed by atoms with Crippen molar-refractivity contribution >= 4 is 39.3 Å². The van der Waals surface area contributed by atoms with Crippen LogP contribution in [0.5, 0.6) is 0 Å². The molecule has 0 saturated heterocycles. The molecule has 1 nitrogen and oxygen atoms in total. The van der Waals surface area contributed by atoms with Crippen molar-refractivity contribution in [2.75, 3.05) is 11.6 Å². The summed E-state index contributed by atoms with van der Waals surface area (Å²) in [5, 5.41) is 0.438. The summed E-state index contributed by atoms with van der Waals surface area (Å²) >= 11 is 10.0. The molecule has 0 aromatic carbocycles. The maximum atomic E-state index is 13.1. The van der Waals surface area contributed by atoms with Gasteiger partial charge in [0.25, 0.3) is 0 Å². The number of thioether (sulfide) groups is 1. The largest absolute Gasteiger partial charge is 0.246 e. The molecule has 1 heterocycles. The smallest absolute Gasteiger partial charge is 0.156 e. The second-order valence-corrected chi connectivity index (χ2v) is 4.71. The SMILES string of the molecule is Fc1cc(Br)cnc1SCCCCl. The van der Waals surface area contributed by atoms with E-state index in [-0.39, 0.29) is 5.82 Å². The summed E-state index contributed by atoms with van der Waals surface area (Å²) < 4.78 is 13.8. The third-order valence-electron chi connectivity index (χ3n) is 1.29. The third kappa shape index (κ3) is 3.83. The molecular formula is C8H8BrClFNS. The van der Waals surface area contributed by atoms with Crippen LogP contribution in [0.3, 0.4) is 0 Å². The molecule has 0 atom stereocenters. The average molecular weight is 285 g/mol. The normalized spacial score (nSPS) is 10.4. The molecule has 1 rings (SSSR count). The van der Waals surface area contributed by atoms with Gasteiger partial charge in [0.2, 0.25) is 0 Å². The van der Waals surface area contributed by atoms with Gasteiger partial charge in [-0.3, -0.25) is 0 Å². The van der Waals surface area contributed by atoms with Crippen molar-refractivity contribution in [3.63, 3.8) is 0 Å². The first-order valence-corrected chi connectivity index (χ1v) is 6.05. The topological polar surface area (TPSA) is 12.9 Å². The van der Waals surface area contributed by atoms with Gasteiger partial charge in [0.15, 0.2) is 5.82 Å². The Morgan fingerprint density at radius 3 is 3.00 bits per heavy atom. The number of halogens is 3. The quantitative estimate of drug-likeness (QED) is 0.475. The van der Waals surface area contributed by atoms with Crippen LogP contribution in [-0.4, -0.2) is 16.6 Å². The molecule has 0 aliphatic heterocycles. The molecule has 1 aromatic rings. The molecule has 0 unspecified atom stereocenters. The van der Waals surface area contributed by atoms with Crippen LogP contribution < -0.4 is 0 Å². The number of pyridine rings is 1. The first-order chi connectivity index (χ1) is 6.24. The van der Waals surface area contributed by atoms with Crippen LogP contribution in [0.1, 0.15) is 6.42 Å². The van der Waals surface area contributed by atoms with E-state index in [1.807, 2.05) is 0 Å². The Labute approximate surface area is 94.2 Å². The lowest BCUT2D eigenvalue weighted by Gasteiger charge is -2.00. The van der Waals surface area contributed by atoms with Gasteiger partial charge in [-0.1, -0.05) is 0 Å². The lowest BCUT2D eigenvalue weighted by molar-refractivity contribution is 0.586. The van der Waals surface area contributed by atoms with Crippen LogP contribution in [0.4, 0.5) is 4.39 Å². The molecule has 0 bridgehead atoms. The van der Waals surface area contributed by atoms with Gasteiger partial charge in [-0.05, 0) is 28.4 Å². The van der Waals surface area contributed by atoms with Crippen LogP contribution in [0.2, 0.25) is 0 Å². The van der Waals surface area contributed by atoms with Gasteiger partial charge in [-0.25, -0.2) is 9.37 Å². The number of hydrogen-bond acceptors (Lipinski definition) is 2. The highest BCUT2D eigenvalue weighted by Gasteiger charge is 2.04. The summed E-state index contributed by atoms with van der Waals surface area (Å²) in [4.78, 5) is 3.95. The molecule has 5 heteroatoms. The fraction of sp³-hybridized carbons (Fsp3) is 0.375. The van der Waals surface area contributed by atoms with E-state index in [0.717, 1.165) is 12.2 Å². The number of alkyl halides is 1. The molecule has 0 amide bonds. The lowest BCUT2D eigenvalue weighted by atomic mass is 10.5. The predicted octanol–water partition coefficient (Wildman–Crippen LogP) is 3.70. The second kappa shape index (κ2) is 5.83. The highest BCUT2D eigenvalue weighted by atomic mass is 79.9. The van der Waals surface area contributed by atoms with Crippen LogP contribution in [0.25, 0.3) is 0 Å². The van der Waals surface area contributed by atoms with Gasteiger partial charge >= 0.3 is 0 Å². The summed E-state index contributed by atoms with van der Waals surface area (Å²) in [6.07, 6.45) is 2.45. The number of nitrogens with zero attached hydrogens (tertiary/aromatic N) is 1. The zero-order valence-corrected chi connectivity index (χ0v) is 9.92. The molecule has 0 saturated carbocycles. The van der Waals surface area contributed by atoms with Crippen molar-refractivity contribution < 1.29 is 4.39 Å². The van der Waals surface area contributed by atoms with Gasteiger partial charge in [0, 0.05) is 22.3 Å². The molecule has 1 aromatic heterocycles. The minimum atomic E-state index is -0.283. The van der Waals surface area contributed by atoms with Gasteiger partial charge < -0.3 is 0 Å². The molecule has 0 radical (unpaired) electrons. The lowest BCUT2D eigenvalue weighted by Crippen LogP contribution is -1.88. The van der Waals surface area contributed by atoms with Crippen LogP contribution in [-0.2, 0) is 0 Å². The molecule has 72 valence electrons. The Morgan fingerprint density at radius 2 is 2.38 bits per heavy atom. The minimum Gasteiger partial charge on any atom is -0.246 e. The summed E-state index contributed by atoms with van der Waals surface area (Å²) in [6, 6.07) is 1.41. The second-order valence-electron chi connectivity index (χ2n) is 2.33. The molecule has 13 heavy (non-hydrogen) atoms. The van der Waals surface area contributed by atoms with Gasteiger partial charge in [0.1, 0.15) is 5.03 Å². The number of rotatable bonds is 4. The van der Waals surface area contributed by atoms with Crippen LogP contribution >= 0.6 is 39.3 Å². The van der Waals surface area contributed by atoms with Crippen molar-refractivity contribution in [3.05, 3.63) is 22.6 Å². The first-order valence-electron chi connectivity index (χ1n) is 3.74. The van der Waals surface area contributed by atoms with E-state index in [9.17, 15) is 4.39 Å². The fourth-order valence-corrected chi connectivity index (χ4v) is 2.13. The summed E-state index contributed by atoms with van der Waals surface area (Å²) in [7, 11) is 0. The van der Waals surface area contributed by atoms with Crippen LogP contribution in [0.15, 0.2) is 21.8 Å². The van der Waals surface area contributed by atoms with Crippen molar-refractivity contribution in [1.29, 1.82) is 0 Å². The Balaban J connectivity index is 2.56. The minimum absolute atomic E-state index is 0.283. The Kier molecular flexibility index (Phi) is 5.06. The van der Waals surface area contributed by atoms with E-state index in [0.29, 0.717) is 15.4 Å². The monoisotopic (exact) mass is 283 g/mol. The Hall–Kier alpha value is 0.200. The zero-order valence-electron chi connectivity index (χ0n) is 6.77. The molecular weight excluding hydrogens is 277 g/mol. The van der Waals surface area contributed by atoms with Crippen molar-refractivity contribution in [1.82, 2.24) is 4.98 Å². The van der Waals surface area contributed by atoms with Crippen molar-refractivity contribution in [2.45, 2.75) is 11.4 Å². The fourth-order valence-electron chi connectivity index (χ4n) is 0.732. The Bertz CT molecular complexity index is 285. The standard InChI is InChI=1S/C8H8BrClFNS/c9-6-4-7(11)8(12-5-6)13-3-1-2-10/h4-5H,1-3H2. The van der Waals surface area contributed by atoms with E-state index in [4.69, 9.17) is 11.6 Å². The van der Waals surface area contributed by atoms with E-state index in [1.54, 1.807) is 6.20 Å². The van der Waals surface area contributed by atoms with Gasteiger partial charge in [0.05, 0.1) is 0 Å². The van der Waals surface area contributed by atoms with Crippen LogP contribution in [0, 0.1) is 5.82 Å². The van der Waals surface area contributed by atoms with E-state index in [1.165, 1.54) is 17.8 Å². The summed E-state index contributed by atoms with van der Waals surface area (Å²) in [5.41, 5.74) is 0. The third-order valence-corrected chi connectivity index (χ3v) is 3.06. The predicted molar refractivity (Wildman–Crippen MR) is 58.0 cm³/mol. The highest BCUT2D eigenvalue weighted by molar-refractivity contribution is 9.10. The van der Waals surface area contributed by atoms with Gasteiger partial charge in [-0.2, -0.15) is 0 Å². The molecule has 0 aliphatic carbocycles. The van der Waals surface area contributed by atoms with E-state index in [2.05, 4.69) is 20.9 Å². The molecule has 0 aliphatic rings. The maximum absolute atomic E-state index is 13.1. The maximum Gasteiger partial charge on any atom is 0.156 e. The number of aromatic nitrogens is 1. The summed E-state index contributed by atoms with van der Waals surface area (Å²) in [6.45, 7) is 0.